The molecule has 2 heterocycles. The minimum Gasteiger partial charge on any atom is -0.469 e. The zero-order valence-electron chi connectivity index (χ0n) is 13.6. The number of hydrogen-bond acceptors (Lipinski definition) is 4. The van der Waals surface area contributed by atoms with Crippen molar-refractivity contribution in [2.45, 2.75) is 33.2 Å². The van der Waals surface area contributed by atoms with Crippen LogP contribution in [0.25, 0.3) is 0 Å². The summed E-state index contributed by atoms with van der Waals surface area (Å²) < 4.78 is 5.19. The molecule has 1 aliphatic heterocycles. The van der Waals surface area contributed by atoms with Gasteiger partial charge in [-0.2, -0.15) is 0 Å². The highest BCUT2D eigenvalue weighted by atomic mass is 16.3. The molecule has 122 valence electrons. The number of aryl methyl sites for hydroxylation is 1. The molecule has 1 unspecified atom stereocenters. The Kier molecular flexibility index (Phi) is 5.60. The smallest absolute Gasteiger partial charge is 0.257 e. The fourth-order valence-electron chi connectivity index (χ4n) is 2.51. The topological polar surface area (TPSA) is 65.8 Å². The molecule has 1 aromatic heterocycles. The highest BCUT2D eigenvalue weighted by Crippen LogP contribution is 2.13. The van der Waals surface area contributed by atoms with Gasteiger partial charge in [-0.3, -0.25) is 14.5 Å². The van der Waals surface area contributed by atoms with E-state index in [0.29, 0.717) is 31.0 Å². The first kappa shape index (κ1) is 16.5. The van der Waals surface area contributed by atoms with Crippen LogP contribution in [0.5, 0.6) is 0 Å². The maximum absolute atomic E-state index is 12.4. The van der Waals surface area contributed by atoms with E-state index in [2.05, 4.69) is 10.2 Å². The summed E-state index contributed by atoms with van der Waals surface area (Å²) >= 11 is 0. The monoisotopic (exact) mass is 307 g/mol. The molecular weight excluding hydrogens is 282 g/mol. The molecule has 1 N–H and O–H groups in total. The Morgan fingerprint density at radius 1 is 1.32 bits per heavy atom. The summed E-state index contributed by atoms with van der Waals surface area (Å²) in [7, 11) is 0. The third-order valence-corrected chi connectivity index (χ3v) is 4.14. The number of rotatable bonds is 5. The predicted octanol–water partition coefficient (Wildman–Crippen LogP) is 1.26. The quantitative estimate of drug-likeness (QED) is 0.889. The predicted molar refractivity (Wildman–Crippen MR) is 83.7 cm³/mol. The molecule has 1 aromatic rings. The fourth-order valence-corrected chi connectivity index (χ4v) is 2.51. The van der Waals surface area contributed by atoms with Crippen LogP contribution in [0.15, 0.2) is 16.7 Å². The Morgan fingerprint density at radius 3 is 2.55 bits per heavy atom. The molecule has 1 fully saturated rings. The SMILES string of the molecule is CCC(C)NC(=O)CN1CCN(C(=O)c2ccoc2C)CC1. The van der Waals surface area contributed by atoms with E-state index in [-0.39, 0.29) is 17.9 Å². The van der Waals surface area contributed by atoms with Crippen LogP contribution in [0, 0.1) is 6.92 Å². The number of nitrogens with zero attached hydrogens (tertiary/aromatic N) is 2. The molecule has 1 aliphatic rings. The molecule has 0 aliphatic carbocycles. The van der Waals surface area contributed by atoms with Gasteiger partial charge in [0.05, 0.1) is 18.4 Å². The van der Waals surface area contributed by atoms with E-state index in [1.54, 1.807) is 13.0 Å². The zero-order valence-corrected chi connectivity index (χ0v) is 13.6. The second kappa shape index (κ2) is 7.45. The second-order valence-electron chi connectivity index (χ2n) is 5.84. The van der Waals surface area contributed by atoms with Gasteiger partial charge in [-0.15, -0.1) is 0 Å². The van der Waals surface area contributed by atoms with Crippen LogP contribution in [0.2, 0.25) is 0 Å². The minimum atomic E-state index is 0.00922. The average Bonchev–Trinajstić information content (AvgIpc) is 2.93. The van der Waals surface area contributed by atoms with Crippen LogP contribution in [-0.4, -0.2) is 60.4 Å². The highest BCUT2D eigenvalue weighted by Gasteiger charge is 2.25. The number of nitrogens with one attached hydrogen (secondary N) is 1. The molecule has 1 atom stereocenters. The lowest BCUT2D eigenvalue weighted by molar-refractivity contribution is -0.123. The van der Waals surface area contributed by atoms with Crippen LogP contribution in [0.4, 0.5) is 0 Å². The normalized spacial score (nSPS) is 17.3. The number of carbonyl (C=O) groups excluding carboxylic acids is 2. The summed E-state index contributed by atoms with van der Waals surface area (Å²) in [5.41, 5.74) is 0.628. The lowest BCUT2D eigenvalue weighted by Crippen LogP contribution is -2.51. The van der Waals surface area contributed by atoms with Crippen molar-refractivity contribution < 1.29 is 14.0 Å². The molecule has 0 saturated carbocycles. The van der Waals surface area contributed by atoms with Crippen molar-refractivity contribution in [1.29, 1.82) is 0 Å². The van der Waals surface area contributed by atoms with E-state index in [4.69, 9.17) is 4.42 Å². The van der Waals surface area contributed by atoms with E-state index in [0.717, 1.165) is 19.5 Å². The summed E-state index contributed by atoms with van der Waals surface area (Å²) in [6.45, 7) is 8.96. The van der Waals surface area contributed by atoms with Gasteiger partial charge < -0.3 is 14.6 Å². The van der Waals surface area contributed by atoms with Crippen LogP contribution >= 0.6 is 0 Å². The molecule has 6 nitrogen and oxygen atoms in total. The molecule has 2 rings (SSSR count). The molecular formula is C16H25N3O3. The van der Waals surface area contributed by atoms with Gasteiger partial charge in [0.1, 0.15) is 5.76 Å². The van der Waals surface area contributed by atoms with E-state index in [1.807, 2.05) is 18.7 Å². The third kappa shape index (κ3) is 4.10. The molecule has 6 heteroatoms. The molecule has 2 amide bonds. The molecule has 0 spiro atoms. The van der Waals surface area contributed by atoms with Gasteiger partial charge in [-0.05, 0) is 26.3 Å². The maximum atomic E-state index is 12.4. The number of carbonyl (C=O) groups is 2. The van der Waals surface area contributed by atoms with Crippen molar-refractivity contribution in [3.8, 4) is 0 Å². The van der Waals surface area contributed by atoms with Crippen molar-refractivity contribution in [2.24, 2.45) is 0 Å². The van der Waals surface area contributed by atoms with E-state index in [9.17, 15) is 9.59 Å². The van der Waals surface area contributed by atoms with E-state index < -0.39 is 0 Å². The molecule has 1 saturated heterocycles. The van der Waals surface area contributed by atoms with Crippen LogP contribution in [0.1, 0.15) is 36.4 Å². The van der Waals surface area contributed by atoms with Crippen LogP contribution in [-0.2, 0) is 4.79 Å². The van der Waals surface area contributed by atoms with E-state index in [1.165, 1.54) is 6.26 Å². The van der Waals surface area contributed by atoms with Crippen molar-refractivity contribution in [3.05, 3.63) is 23.7 Å². The highest BCUT2D eigenvalue weighted by molar-refractivity contribution is 5.95. The Hall–Kier alpha value is -1.82. The lowest BCUT2D eigenvalue weighted by Gasteiger charge is -2.34. The first-order chi connectivity index (χ1) is 10.5. The standard InChI is InChI=1S/C16H25N3O3/c1-4-12(2)17-15(20)11-18-6-8-19(9-7-18)16(21)14-5-10-22-13(14)3/h5,10,12H,4,6-9,11H2,1-3H3,(H,17,20). The number of hydrogen-bond donors (Lipinski definition) is 1. The van der Waals surface area contributed by atoms with Crippen molar-refractivity contribution in [3.63, 3.8) is 0 Å². The summed E-state index contributed by atoms with van der Waals surface area (Å²) in [6.07, 6.45) is 2.47. The lowest BCUT2D eigenvalue weighted by atomic mass is 10.2. The minimum absolute atomic E-state index is 0.00922. The summed E-state index contributed by atoms with van der Waals surface area (Å²) in [5, 5.41) is 2.97. The Balaban J connectivity index is 1.79. The van der Waals surface area contributed by atoms with Crippen molar-refractivity contribution in [1.82, 2.24) is 15.1 Å². The number of furan rings is 1. The molecule has 0 aromatic carbocycles. The second-order valence-corrected chi connectivity index (χ2v) is 5.84. The first-order valence-corrected chi connectivity index (χ1v) is 7.86. The average molecular weight is 307 g/mol. The molecule has 0 bridgehead atoms. The van der Waals surface area contributed by atoms with Crippen LogP contribution in [0.3, 0.4) is 0 Å². The Labute approximate surface area is 131 Å². The van der Waals surface area contributed by atoms with Gasteiger partial charge in [0.2, 0.25) is 5.91 Å². The van der Waals surface area contributed by atoms with E-state index >= 15 is 0 Å². The van der Waals surface area contributed by atoms with Gasteiger partial charge in [0.15, 0.2) is 0 Å². The number of piperazine rings is 1. The number of amides is 2. The molecule has 0 radical (unpaired) electrons. The molecule has 22 heavy (non-hydrogen) atoms. The van der Waals surface area contributed by atoms with Gasteiger partial charge in [-0.25, -0.2) is 0 Å². The summed E-state index contributed by atoms with van der Waals surface area (Å²) in [4.78, 5) is 28.2. The van der Waals surface area contributed by atoms with Crippen molar-refractivity contribution >= 4 is 11.8 Å². The third-order valence-electron chi connectivity index (χ3n) is 4.14. The Bertz CT molecular complexity index is 518. The maximum Gasteiger partial charge on any atom is 0.257 e. The van der Waals surface area contributed by atoms with Gasteiger partial charge >= 0.3 is 0 Å². The Morgan fingerprint density at radius 2 is 2.00 bits per heavy atom. The zero-order chi connectivity index (χ0) is 16.1. The fraction of sp³-hybridized carbons (Fsp3) is 0.625. The van der Waals surface area contributed by atoms with Crippen LogP contribution < -0.4 is 5.32 Å². The van der Waals surface area contributed by atoms with Gasteiger partial charge in [-0.1, -0.05) is 6.92 Å². The summed E-state index contributed by atoms with van der Waals surface area (Å²) in [5.74, 6) is 0.718. The largest absolute Gasteiger partial charge is 0.469 e. The van der Waals surface area contributed by atoms with Gasteiger partial charge in [0.25, 0.3) is 5.91 Å². The van der Waals surface area contributed by atoms with Gasteiger partial charge in [0, 0.05) is 32.2 Å². The van der Waals surface area contributed by atoms with Crippen molar-refractivity contribution in [2.75, 3.05) is 32.7 Å². The summed E-state index contributed by atoms with van der Waals surface area (Å²) in [6, 6.07) is 1.92. The first-order valence-electron chi connectivity index (χ1n) is 7.86.